The highest BCUT2D eigenvalue weighted by Gasteiger charge is 2.50. The van der Waals surface area contributed by atoms with Gasteiger partial charge in [0.05, 0.1) is 43.6 Å². The standard InChI is InChI=1S/C21H19F3N4O4.ClH/c22-13-1-2-16(14(23)7-13)28-8-12(20(29)30)5-11-6-15(24)19(26-18(11)28)27-9-17(25)21(10-27)31-3-4-32-21;/h1-2,5-7,17H,3-4,8-10,25H2,(H,29,30);1H. The number of carboxylic acid groups (broad SMARTS) is 1. The first-order valence-electron chi connectivity index (χ1n) is 9.93. The molecule has 1 atom stereocenters. The lowest BCUT2D eigenvalue weighted by molar-refractivity contribution is -0.147. The van der Waals surface area contributed by atoms with Crippen molar-refractivity contribution in [3.63, 3.8) is 0 Å². The van der Waals surface area contributed by atoms with E-state index < -0.39 is 35.2 Å². The first-order chi connectivity index (χ1) is 15.3. The summed E-state index contributed by atoms with van der Waals surface area (Å²) in [5, 5.41) is 9.47. The molecule has 1 aromatic heterocycles. The van der Waals surface area contributed by atoms with Crippen LogP contribution in [0.15, 0.2) is 29.8 Å². The third-order valence-electron chi connectivity index (χ3n) is 5.82. The van der Waals surface area contributed by atoms with Crippen LogP contribution >= 0.6 is 12.4 Å². The zero-order valence-corrected chi connectivity index (χ0v) is 17.9. The highest BCUT2D eigenvalue weighted by Crippen LogP contribution is 2.39. The normalized spacial score (nSPS) is 21.1. The number of hydrogen-bond donors (Lipinski definition) is 2. The summed E-state index contributed by atoms with van der Waals surface area (Å²) in [5.41, 5.74) is 6.17. The Hall–Kier alpha value is -2.86. The first kappa shape index (κ1) is 23.3. The maximum absolute atomic E-state index is 15.1. The predicted molar refractivity (Wildman–Crippen MR) is 115 cm³/mol. The number of anilines is 3. The molecule has 3 N–H and O–H groups in total. The topological polar surface area (TPSA) is 101 Å². The van der Waals surface area contributed by atoms with E-state index in [2.05, 4.69) is 4.98 Å². The van der Waals surface area contributed by atoms with Crippen molar-refractivity contribution in [3.05, 3.63) is 52.9 Å². The van der Waals surface area contributed by atoms with Crippen molar-refractivity contribution in [2.24, 2.45) is 5.73 Å². The fourth-order valence-electron chi connectivity index (χ4n) is 4.30. The van der Waals surface area contributed by atoms with Crippen LogP contribution in [0.4, 0.5) is 30.5 Å². The number of aliphatic carboxylic acids is 1. The number of nitrogens with zero attached hydrogens (tertiary/aromatic N) is 3. The first-order valence-corrected chi connectivity index (χ1v) is 9.93. The number of halogens is 4. The molecule has 2 aromatic rings. The zero-order valence-electron chi connectivity index (χ0n) is 17.1. The Kier molecular flexibility index (Phi) is 5.99. The molecule has 3 aliphatic rings. The Balaban J connectivity index is 0.00000259. The predicted octanol–water partition coefficient (Wildman–Crippen LogP) is 2.43. The Morgan fingerprint density at radius 3 is 2.55 bits per heavy atom. The highest BCUT2D eigenvalue weighted by molar-refractivity contribution is 5.97. The molecule has 5 rings (SSSR count). The maximum atomic E-state index is 15.1. The van der Waals surface area contributed by atoms with Gasteiger partial charge in [0.2, 0.25) is 5.79 Å². The van der Waals surface area contributed by atoms with E-state index in [1.54, 1.807) is 4.90 Å². The summed E-state index contributed by atoms with van der Waals surface area (Å²) in [5.74, 6) is -4.58. The number of carboxylic acids is 1. The summed E-state index contributed by atoms with van der Waals surface area (Å²) in [6.45, 7) is 0.879. The molecule has 3 aliphatic heterocycles. The number of hydrogen-bond acceptors (Lipinski definition) is 7. The van der Waals surface area contributed by atoms with Crippen LogP contribution in [-0.2, 0) is 14.3 Å². The Bertz CT molecular complexity index is 1140. The van der Waals surface area contributed by atoms with Gasteiger partial charge in [-0.15, -0.1) is 12.4 Å². The quantitative estimate of drug-likeness (QED) is 0.685. The third kappa shape index (κ3) is 3.90. The van der Waals surface area contributed by atoms with Crippen LogP contribution in [-0.4, -0.2) is 60.7 Å². The molecule has 1 unspecified atom stereocenters. The Labute approximate surface area is 192 Å². The van der Waals surface area contributed by atoms with Crippen molar-refractivity contribution < 1.29 is 32.5 Å². The van der Waals surface area contributed by atoms with Crippen molar-refractivity contribution in [1.82, 2.24) is 4.98 Å². The molecule has 4 heterocycles. The zero-order chi connectivity index (χ0) is 22.6. The second-order valence-corrected chi connectivity index (χ2v) is 7.86. The number of aromatic nitrogens is 1. The molecular weight excluding hydrogens is 465 g/mol. The van der Waals surface area contributed by atoms with Gasteiger partial charge in [0.25, 0.3) is 0 Å². The summed E-state index contributed by atoms with van der Waals surface area (Å²) < 4.78 is 54.4. The summed E-state index contributed by atoms with van der Waals surface area (Å²) in [7, 11) is 0. The van der Waals surface area contributed by atoms with Crippen molar-refractivity contribution in [2.75, 3.05) is 42.6 Å². The van der Waals surface area contributed by atoms with E-state index in [9.17, 15) is 18.7 Å². The van der Waals surface area contributed by atoms with E-state index in [1.165, 1.54) is 17.0 Å². The average Bonchev–Trinajstić information content (AvgIpc) is 3.34. The smallest absolute Gasteiger partial charge is 0.333 e. The van der Waals surface area contributed by atoms with Crippen LogP contribution in [0, 0.1) is 17.5 Å². The molecule has 2 fully saturated rings. The largest absolute Gasteiger partial charge is 0.478 e. The van der Waals surface area contributed by atoms with E-state index in [0.717, 1.165) is 12.1 Å². The second-order valence-electron chi connectivity index (χ2n) is 7.86. The molecule has 176 valence electrons. The van der Waals surface area contributed by atoms with Gasteiger partial charge >= 0.3 is 5.97 Å². The van der Waals surface area contributed by atoms with E-state index in [4.69, 9.17) is 15.2 Å². The van der Waals surface area contributed by atoms with Gasteiger partial charge < -0.3 is 30.1 Å². The number of carbonyl (C=O) groups is 1. The van der Waals surface area contributed by atoms with Gasteiger partial charge in [0.15, 0.2) is 11.6 Å². The van der Waals surface area contributed by atoms with Gasteiger partial charge in [0.1, 0.15) is 17.5 Å². The monoisotopic (exact) mass is 484 g/mol. The van der Waals surface area contributed by atoms with Crippen molar-refractivity contribution in [3.8, 4) is 0 Å². The molecule has 12 heteroatoms. The number of benzene rings is 1. The van der Waals surface area contributed by atoms with Crippen LogP contribution in [0.1, 0.15) is 5.56 Å². The summed E-state index contributed by atoms with van der Waals surface area (Å²) in [4.78, 5) is 18.9. The van der Waals surface area contributed by atoms with Gasteiger partial charge in [-0.25, -0.2) is 22.9 Å². The van der Waals surface area contributed by atoms with Crippen molar-refractivity contribution in [2.45, 2.75) is 11.8 Å². The minimum Gasteiger partial charge on any atom is -0.478 e. The molecule has 0 aliphatic carbocycles. The van der Waals surface area contributed by atoms with Crippen LogP contribution in [0.5, 0.6) is 0 Å². The minimum absolute atomic E-state index is 0. The number of nitrogens with two attached hydrogens (primary N) is 1. The third-order valence-corrected chi connectivity index (χ3v) is 5.82. The fourth-order valence-corrected chi connectivity index (χ4v) is 4.30. The molecular formula is C21H20ClF3N4O4. The molecule has 8 nitrogen and oxygen atoms in total. The lowest BCUT2D eigenvalue weighted by atomic mass is 10.0. The lowest BCUT2D eigenvalue weighted by Crippen LogP contribution is -2.47. The summed E-state index contributed by atoms with van der Waals surface area (Å²) in [6, 6.07) is 3.54. The molecule has 1 aromatic carbocycles. The Morgan fingerprint density at radius 2 is 1.88 bits per heavy atom. The van der Waals surface area contributed by atoms with E-state index >= 15 is 4.39 Å². The number of ether oxygens (including phenoxy) is 2. The number of fused-ring (bicyclic) bond motifs is 1. The van der Waals surface area contributed by atoms with Gasteiger partial charge in [-0.3, -0.25) is 0 Å². The molecule has 0 radical (unpaired) electrons. The van der Waals surface area contributed by atoms with Gasteiger partial charge in [-0.1, -0.05) is 0 Å². The average molecular weight is 485 g/mol. The fraction of sp³-hybridized carbons (Fsp3) is 0.333. The van der Waals surface area contributed by atoms with Crippen LogP contribution in [0.2, 0.25) is 0 Å². The second kappa shape index (κ2) is 8.49. The molecule has 1 spiro atoms. The summed E-state index contributed by atoms with van der Waals surface area (Å²) in [6.07, 6.45) is 1.29. The van der Waals surface area contributed by atoms with E-state index in [1.807, 2.05) is 0 Å². The highest BCUT2D eigenvalue weighted by atomic mass is 35.5. The summed E-state index contributed by atoms with van der Waals surface area (Å²) >= 11 is 0. The van der Waals surface area contributed by atoms with E-state index in [-0.39, 0.29) is 60.5 Å². The van der Waals surface area contributed by atoms with Crippen LogP contribution < -0.4 is 15.5 Å². The SMILES string of the molecule is Cl.NC1CN(c2nc3c(cc2F)C=C(C(=O)O)CN3c2ccc(F)cc2F)CC12OCCO2. The van der Waals surface area contributed by atoms with E-state index in [0.29, 0.717) is 19.3 Å². The molecule has 0 bridgehead atoms. The Morgan fingerprint density at radius 1 is 1.15 bits per heavy atom. The van der Waals surface area contributed by atoms with Gasteiger partial charge in [-0.2, -0.15) is 0 Å². The van der Waals surface area contributed by atoms with Crippen LogP contribution in [0.3, 0.4) is 0 Å². The minimum atomic E-state index is -1.24. The lowest BCUT2D eigenvalue weighted by Gasteiger charge is -2.31. The van der Waals surface area contributed by atoms with Crippen LogP contribution in [0.25, 0.3) is 6.08 Å². The van der Waals surface area contributed by atoms with Gasteiger partial charge in [-0.05, 0) is 24.3 Å². The van der Waals surface area contributed by atoms with Crippen molar-refractivity contribution >= 4 is 41.8 Å². The maximum Gasteiger partial charge on any atom is 0.333 e. The van der Waals surface area contributed by atoms with Crippen molar-refractivity contribution in [1.29, 1.82) is 0 Å². The number of rotatable bonds is 3. The molecule has 2 saturated heterocycles. The molecule has 0 saturated carbocycles. The molecule has 0 amide bonds. The number of pyridine rings is 1. The van der Waals surface area contributed by atoms with Gasteiger partial charge in [0, 0.05) is 18.2 Å². The molecule has 33 heavy (non-hydrogen) atoms.